The molecule has 0 amide bonds. The van der Waals surface area contributed by atoms with Crippen LogP contribution < -0.4 is 11.1 Å². The average Bonchev–Trinajstić information content (AvgIpc) is 2.87. The number of nitrogens with two attached hydrogens (primary N) is 1. The van der Waals surface area contributed by atoms with Gasteiger partial charge in [0, 0.05) is 38.8 Å². The minimum atomic E-state index is 0.0256. The highest BCUT2D eigenvalue weighted by Crippen LogP contribution is 2.19. The molecule has 3 rings (SSSR count). The first kappa shape index (κ1) is 11.6. The van der Waals surface area contributed by atoms with E-state index in [1.807, 2.05) is 18.2 Å². The van der Waals surface area contributed by atoms with E-state index >= 15 is 0 Å². The molecule has 5 heteroatoms. The van der Waals surface area contributed by atoms with E-state index in [-0.39, 0.29) is 6.04 Å². The lowest BCUT2D eigenvalue weighted by Gasteiger charge is -2.29. The summed E-state index contributed by atoms with van der Waals surface area (Å²) in [5.74, 6) is 0. The zero-order valence-corrected chi connectivity index (χ0v) is 10.3. The number of benzene rings is 1. The van der Waals surface area contributed by atoms with Crippen LogP contribution in [-0.4, -0.2) is 42.6 Å². The number of hydrogen-bond donors (Lipinski definition) is 2. The normalized spacial score (nSPS) is 19.2. The number of hydrogen-bond acceptors (Lipinski definition) is 5. The second-order valence-corrected chi connectivity index (χ2v) is 4.74. The van der Waals surface area contributed by atoms with Gasteiger partial charge in [-0.05, 0) is 17.7 Å². The maximum absolute atomic E-state index is 6.26. The van der Waals surface area contributed by atoms with Crippen LogP contribution in [-0.2, 0) is 0 Å². The molecule has 1 fully saturated rings. The highest BCUT2D eigenvalue weighted by molar-refractivity contribution is 5.72. The van der Waals surface area contributed by atoms with Crippen molar-refractivity contribution in [2.75, 3.05) is 32.7 Å². The molecule has 18 heavy (non-hydrogen) atoms. The van der Waals surface area contributed by atoms with E-state index in [1.165, 1.54) is 6.39 Å². The van der Waals surface area contributed by atoms with Gasteiger partial charge in [0.05, 0.1) is 0 Å². The smallest absolute Gasteiger partial charge is 0.181 e. The summed E-state index contributed by atoms with van der Waals surface area (Å²) in [7, 11) is 0. The molecule has 1 aromatic heterocycles. The second-order valence-electron chi connectivity index (χ2n) is 4.74. The summed E-state index contributed by atoms with van der Waals surface area (Å²) >= 11 is 0. The Balaban J connectivity index is 1.72. The standard InChI is InChI=1S/C13H18N4O/c14-11(8-17-5-3-15-4-6-17)10-1-2-12-13(7-10)18-9-16-12/h1-2,7,9,11,15H,3-6,8,14H2. The maximum atomic E-state index is 6.26. The maximum Gasteiger partial charge on any atom is 0.181 e. The van der Waals surface area contributed by atoms with Gasteiger partial charge in [-0.1, -0.05) is 6.07 Å². The van der Waals surface area contributed by atoms with E-state index in [4.69, 9.17) is 10.2 Å². The lowest BCUT2D eigenvalue weighted by atomic mass is 10.1. The monoisotopic (exact) mass is 246 g/mol. The Labute approximate surface area is 106 Å². The average molecular weight is 246 g/mol. The van der Waals surface area contributed by atoms with Crippen molar-refractivity contribution in [3.8, 4) is 0 Å². The van der Waals surface area contributed by atoms with Crippen molar-refractivity contribution in [2.45, 2.75) is 6.04 Å². The molecule has 1 atom stereocenters. The van der Waals surface area contributed by atoms with Gasteiger partial charge < -0.3 is 15.5 Å². The number of fused-ring (bicyclic) bond motifs is 1. The molecule has 2 aromatic rings. The van der Waals surface area contributed by atoms with Gasteiger partial charge >= 0.3 is 0 Å². The van der Waals surface area contributed by atoms with Crippen molar-refractivity contribution in [1.82, 2.24) is 15.2 Å². The van der Waals surface area contributed by atoms with Crippen LogP contribution in [0, 0.1) is 0 Å². The van der Waals surface area contributed by atoms with E-state index in [1.54, 1.807) is 0 Å². The predicted octanol–water partition coefficient (Wildman–Crippen LogP) is 0.733. The van der Waals surface area contributed by atoms with Gasteiger partial charge in [-0.2, -0.15) is 0 Å². The molecule has 2 heterocycles. The molecule has 96 valence electrons. The number of piperazine rings is 1. The van der Waals surface area contributed by atoms with Crippen LogP contribution >= 0.6 is 0 Å². The molecule has 1 unspecified atom stereocenters. The van der Waals surface area contributed by atoms with E-state index in [9.17, 15) is 0 Å². The summed E-state index contributed by atoms with van der Waals surface area (Å²) in [6.45, 7) is 5.12. The number of nitrogens with zero attached hydrogens (tertiary/aromatic N) is 2. The predicted molar refractivity (Wildman–Crippen MR) is 70.2 cm³/mol. The SMILES string of the molecule is NC(CN1CCNCC1)c1ccc2ncoc2c1. The molecule has 0 spiro atoms. The van der Waals surface area contributed by atoms with Crippen molar-refractivity contribution in [3.05, 3.63) is 30.2 Å². The van der Waals surface area contributed by atoms with Gasteiger partial charge in [0.2, 0.25) is 0 Å². The summed E-state index contributed by atoms with van der Waals surface area (Å²) in [5, 5.41) is 3.34. The molecule has 0 aliphatic carbocycles. The second kappa shape index (κ2) is 5.06. The zero-order chi connectivity index (χ0) is 12.4. The number of oxazole rings is 1. The van der Waals surface area contributed by atoms with E-state index in [0.29, 0.717) is 0 Å². The quantitative estimate of drug-likeness (QED) is 0.836. The number of rotatable bonds is 3. The lowest BCUT2D eigenvalue weighted by Crippen LogP contribution is -2.45. The summed E-state index contributed by atoms with van der Waals surface area (Å²) < 4.78 is 5.31. The minimum Gasteiger partial charge on any atom is -0.443 e. The van der Waals surface area contributed by atoms with Crippen molar-refractivity contribution >= 4 is 11.1 Å². The van der Waals surface area contributed by atoms with Gasteiger partial charge in [-0.15, -0.1) is 0 Å². The van der Waals surface area contributed by atoms with Crippen LogP contribution in [0.2, 0.25) is 0 Å². The van der Waals surface area contributed by atoms with Gasteiger partial charge in [0.1, 0.15) is 5.52 Å². The number of nitrogens with one attached hydrogen (secondary N) is 1. The van der Waals surface area contributed by atoms with Gasteiger partial charge in [-0.25, -0.2) is 4.98 Å². The molecule has 0 bridgehead atoms. The van der Waals surface area contributed by atoms with Crippen LogP contribution in [0.1, 0.15) is 11.6 Å². The van der Waals surface area contributed by atoms with Crippen molar-refractivity contribution in [2.24, 2.45) is 5.73 Å². The Morgan fingerprint density at radius 3 is 3.06 bits per heavy atom. The molecule has 1 saturated heterocycles. The Kier molecular flexibility index (Phi) is 3.27. The molecular weight excluding hydrogens is 228 g/mol. The molecular formula is C13H18N4O. The van der Waals surface area contributed by atoms with Gasteiger partial charge in [0.15, 0.2) is 12.0 Å². The van der Waals surface area contributed by atoms with E-state index in [0.717, 1.165) is 49.4 Å². The molecule has 3 N–H and O–H groups in total. The number of aromatic nitrogens is 1. The van der Waals surface area contributed by atoms with E-state index in [2.05, 4.69) is 15.2 Å². The highest BCUT2D eigenvalue weighted by Gasteiger charge is 2.15. The molecule has 1 aromatic carbocycles. The Morgan fingerprint density at radius 1 is 1.39 bits per heavy atom. The molecule has 1 aliphatic rings. The highest BCUT2D eigenvalue weighted by atomic mass is 16.3. The third-order valence-electron chi connectivity index (χ3n) is 3.45. The lowest BCUT2D eigenvalue weighted by molar-refractivity contribution is 0.228. The Bertz CT molecular complexity index is 518. The molecule has 0 saturated carbocycles. The fourth-order valence-corrected chi connectivity index (χ4v) is 2.38. The fraction of sp³-hybridized carbons (Fsp3) is 0.462. The van der Waals surface area contributed by atoms with Crippen LogP contribution in [0.4, 0.5) is 0 Å². The fourth-order valence-electron chi connectivity index (χ4n) is 2.38. The summed E-state index contributed by atoms with van der Waals surface area (Å²) in [4.78, 5) is 6.50. The van der Waals surface area contributed by atoms with Crippen LogP contribution in [0.5, 0.6) is 0 Å². The van der Waals surface area contributed by atoms with Crippen molar-refractivity contribution < 1.29 is 4.42 Å². The van der Waals surface area contributed by atoms with Crippen LogP contribution in [0.25, 0.3) is 11.1 Å². The first-order valence-corrected chi connectivity index (χ1v) is 6.35. The third kappa shape index (κ3) is 2.38. The Hall–Kier alpha value is -1.43. The van der Waals surface area contributed by atoms with Gasteiger partial charge in [0.25, 0.3) is 0 Å². The van der Waals surface area contributed by atoms with Crippen LogP contribution in [0.15, 0.2) is 29.0 Å². The summed E-state index contributed by atoms with van der Waals surface area (Å²) in [6.07, 6.45) is 1.47. The molecule has 5 nitrogen and oxygen atoms in total. The largest absolute Gasteiger partial charge is 0.443 e. The van der Waals surface area contributed by atoms with Crippen molar-refractivity contribution in [3.63, 3.8) is 0 Å². The zero-order valence-electron chi connectivity index (χ0n) is 10.3. The minimum absolute atomic E-state index is 0.0256. The first-order chi connectivity index (χ1) is 8.83. The van der Waals surface area contributed by atoms with Crippen molar-refractivity contribution in [1.29, 1.82) is 0 Å². The Morgan fingerprint density at radius 2 is 2.22 bits per heavy atom. The van der Waals surface area contributed by atoms with Crippen LogP contribution in [0.3, 0.4) is 0 Å². The topological polar surface area (TPSA) is 67.3 Å². The molecule has 1 aliphatic heterocycles. The first-order valence-electron chi connectivity index (χ1n) is 6.35. The summed E-state index contributed by atoms with van der Waals surface area (Å²) in [6, 6.07) is 6.02. The van der Waals surface area contributed by atoms with E-state index < -0.39 is 0 Å². The molecule has 0 radical (unpaired) electrons. The summed E-state index contributed by atoms with van der Waals surface area (Å²) in [5.41, 5.74) is 9.06. The van der Waals surface area contributed by atoms with Gasteiger partial charge in [-0.3, -0.25) is 4.90 Å². The third-order valence-corrected chi connectivity index (χ3v) is 3.45.